The van der Waals surface area contributed by atoms with E-state index in [1.807, 2.05) is 6.92 Å². The first-order valence-electron chi connectivity index (χ1n) is 5.15. The van der Waals surface area contributed by atoms with E-state index in [0.717, 1.165) is 0 Å². The summed E-state index contributed by atoms with van der Waals surface area (Å²) >= 11 is 0. The van der Waals surface area contributed by atoms with Crippen molar-refractivity contribution in [2.45, 2.75) is 45.7 Å². The minimum atomic E-state index is -0.998. The van der Waals surface area contributed by atoms with Gasteiger partial charge in [0.2, 0.25) is 5.91 Å². The van der Waals surface area contributed by atoms with Crippen LogP contribution < -0.4 is 5.73 Å². The molecule has 5 heteroatoms. The highest BCUT2D eigenvalue weighted by molar-refractivity contribution is 5.81. The fraction of sp³-hybridized carbons (Fsp3) is 0.800. The average Bonchev–Trinajstić information content (AvgIpc) is 2.12. The monoisotopic (exact) mass is 216 g/mol. The number of rotatable bonds is 6. The molecule has 0 aliphatic carbocycles. The van der Waals surface area contributed by atoms with Gasteiger partial charge in [0.1, 0.15) is 6.54 Å². The fourth-order valence-corrected chi connectivity index (χ4v) is 1.19. The standard InChI is InChI=1S/C10H20N2O3/c1-4-8(11)5-9(13)12(7(2)3)6-10(14)15/h7-8H,4-6,11H2,1-3H3,(H,14,15). The summed E-state index contributed by atoms with van der Waals surface area (Å²) < 4.78 is 0. The lowest BCUT2D eigenvalue weighted by molar-refractivity contribution is -0.145. The van der Waals surface area contributed by atoms with Crippen molar-refractivity contribution in [1.29, 1.82) is 0 Å². The van der Waals surface area contributed by atoms with E-state index in [4.69, 9.17) is 10.8 Å². The Morgan fingerprint density at radius 2 is 1.93 bits per heavy atom. The second kappa shape index (κ2) is 6.40. The molecule has 1 amide bonds. The summed E-state index contributed by atoms with van der Waals surface area (Å²) in [4.78, 5) is 23.6. The van der Waals surface area contributed by atoms with E-state index in [1.54, 1.807) is 13.8 Å². The van der Waals surface area contributed by atoms with Gasteiger partial charge in [0.25, 0.3) is 0 Å². The van der Waals surface area contributed by atoms with E-state index in [-0.39, 0.29) is 31.0 Å². The SMILES string of the molecule is CCC(N)CC(=O)N(CC(=O)O)C(C)C. The van der Waals surface area contributed by atoms with Gasteiger partial charge in [-0.25, -0.2) is 0 Å². The molecule has 0 radical (unpaired) electrons. The highest BCUT2D eigenvalue weighted by atomic mass is 16.4. The van der Waals surface area contributed by atoms with E-state index in [9.17, 15) is 9.59 Å². The molecule has 1 unspecified atom stereocenters. The molecule has 5 nitrogen and oxygen atoms in total. The Morgan fingerprint density at radius 3 is 2.27 bits per heavy atom. The number of carbonyl (C=O) groups is 2. The van der Waals surface area contributed by atoms with Crippen LogP contribution in [0.4, 0.5) is 0 Å². The first kappa shape index (κ1) is 13.9. The van der Waals surface area contributed by atoms with E-state index in [1.165, 1.54) is 4.90 Å². The van der Waals surface area contributed by atoms with Crippen LogP contribution >= 0.6 is 0 Å². The normalized spacial score (nSPS) is 12.6. The van der Waals surface area contributed by atoms with Crippen molar-refractivity contribution in [3.8, 4) is 0 Å². The molecule has 0 aromatic rings. The fourth-order valence-electron chi connectivity index (χ4n) is 1.19. The highest BCUT2D eigenvalue weighted by Crippen LogP contribution is 2.04. The Bertz CT molecular complexity index is 229. The molecular weight excluding hydrogens is 196 g/mol. The molecule has 0 aliphatic heterocycles. The number of amides is 1. The van der Waals surface area contributed by atoms with Crippen LogP contribution in [0.25, 0.3) is 0 Å². The Labute approximate surface area is 90.2 Å². The van der Waals surface area contributed by atoms with E-state index < -0.39 is 5.97 Å². The van der Waals surface area contributed by atoms with Gasteiger partial charge in [0.05, 0.1) is 0 Å². The predicted molar refractivity (Wildman–Crippen MR) is 57.4 cm³/mol. The molecular formula is C10H20N2O3. The molecule has 15 heavy (non-hydrogen) atoms. The van der Waals surface area contributed by atoms with Crippen molar-refractivity contribution in [2.24, 2.45) is 5.73 Å². The van der Waals surface area contributed by atoms with Crippen molar-refractivity contribution in [3.63, 3.8) is 0 Å². The quantitative estimate of drug-likeness (QED) is 0.674. The predicted octanol–water partition coefficient (Wildman–Crippen LogP) is 0.435. The second-order valence-electron chi connectivity index (χ2n) is 3.88. The summed E-state index contributed by atoms with van der Waals surface area (Å²) in [6.45, 7) is 5.22. The number of aliphatic carboxylic acids is 1. The van der Waals surface area contributed by atoms with Gasteiger partial charge in [-0.15, -0.1) is 0 Å². The number of carboxylic acids is 1. The number of carboxylic acid groups (broad SMARTS) is 1. The Kier molecular flexibility index (Phi) is 5.93. The van der Waals surface area contributed by atoms with Crippen LogP contribution in [0.5, 0.6) is 0 Å². The summed E-state index contributed by atoms with van der Waals surface area (Å²) in [5, 5.41) is 8.65. The number of nitrogens with zero attached hydrogens (tertiary/aromatic N) is 1. The van der Waals surface area contributed by atoms with Gasteiger partial charge in [0, 0.05) is 18.5 Å². The smallest absolute Gasteiger partial charge is 0.323 e. The van der Waals surface area contributed by atoms with Crippen molar-refractivity contribution in [3.05, 3.63) is 0 Å². The van der Waals surface area contributed by atoms with E-state index >= 15 is 0 Å². The van der Waals surface area contributed by atoms with Gasteiger partial charge in [-0.3, -0.25) is 9.59 Å². The maximum atomic E-state index is 11.7. The lowest BCUT2D eigenvalue weighted by atomic mass is 10.1. The Balaban J connectivity index is 4.35. The summed E-state index contributed by atoms with van der Waals surface area (Å²) in [5.41, 5.74) is 5.65. The van der Waals surface area contributed by atoms with Gasteiger partial charge in [-0.2, -0.15) is 0 Å². The molecule has 0 rings (SSSR count). The minimum absolute atomic E-state index is 0.113. The molecule has 3 N–H and O–H groups in total. The number of hydrogen-bond acceptors (Lipinski definition) is 3. The first-order valence-corrected chi connectivity index (χ1v) is 5.15. The zero-order valence-electron chi connectivity index (χ0n) is 9.56. The summed E-state index contributed by atoms with van der Waals surface area (Å²) in [6, 6.07) is -0.301. The van der Waals surface area contributed by atoms with Crippen molar-refractivity contribution in [1.82, 2.24) is 4.90 Å². The Hall–Kier alpha value is -1.10. The average molecular weight is 216 g/mol. The van der Waals surface area contributed by atoms with Crippen LogP contribution in [-0.2, 0) is 9.59 Å². The maximum Gasteiger partial charge on any atom is 0.323 e. The van der Waals surface area contributed by atoms with Gasteiger partial charge in [0.15, 0.2) is 0 Å². The summed E-state index contributed by atoms with van der Waals surface area (Å²) in [6.07, 6.45) is 0.923. The number of carbonyl (C=O) groups excluding carboxylic acids is 1. The summed E-state index contributed by atoms with van der Waals surface area (Å²) in [7, 11) is 0. The van der Waals surface area contributed by atoms with Gasteiger partial charge < -0.3 is 15.7 Å². The van der Waals surface area contributed by atoms with Crippen LogP contribution in [0.1, 0.15) is 33.6 Å². The zero-order chi connectivity index (χ0) is 12.0. The molecule has 0 aliphatic rings. The minimum Gasteiger partial charge on any atom is -0.480 e. The highest BCUT2D eigenvalue weighted by Gasteiger charge is 2.20. The van der Waals surface area contributed by atoms with Crippen LogP contribution in [0, 0.1) is 0 Å². The van der Waals surface area contributed by atoms with Crippen LogP contribution in [0.2, 0.25) is 0 Å². The molecule has 1 atom stereocenters. The van der Waals surface area contributed by atoms with Crippen molar-refractivity contribution in [2.75, 3.05) is 6.54 Å². The molecule has 0 bridgehead atoms. The van der Waals surface area contributed by atoms with E-state index in [0.29, 0.717) is 6.42 Å². The van der Waals surface area contributed by atoms with Crippen LogP contribution in [-0.4, -0.2) is 40.5 Å². The maximum absolute atomic E-state index is 11.7. The van der Waals surface area contributed by atoms with Gasteiger partial charge >= 0.3 is 5.97 Å². The molecule has 88 valence electrons. The molecule has 0 saturated carbocycles. The molecule has 0 fully saturated rings. The zero-order valence-corrected chi connectivity index (χ0v) is 9.56. The largest absolute Gasteiger partial charge is 0.480 e. The molecule has 0 heterocycles. The second-order valence-corrected chi connectivity index (χ2v) is 3.88. The van der Waals surface area contributed by atoms with Crippen LogP contribution in [0.3, 0.4) is 0 Å². The first-order chi connectivity index (χ1) is 6.88. The third-order valence-electron chi connectivity index (χ3n) is 2.21. The molecule has 0 spiro atoms. The molecule has 0 saturated heterocycles. The van der Waals surface area contributed by atoms with Gasteiger partial charge in [-0.05, 0) is 20.3 Å². The lowest BCUT2D eigenvalue weighted by Crippen LogP contribution is -2.42. The third-order valence-corrected chi connectivity index (χ3v) is 2.21. The molecule has 0 aromatic carbocycles. The molecule has 0 aromatic heterocycles. The Morgan fingerprint density at radius 1 is 1.40 bits per heavy atom. The van der Waals surface area contributed by atoms with E-state index in [2.05, 4.69) is 0 Å². The topological polar surface area (TPSA) is 83.6 Å². The number of nitrogens with two attached hydrogens (primary N) is 1. The third kappa shape index (κ3) is 5.37. The van der Waals surface area contributed by atoms with Crippen molar-refractivity contribution < 1.29 is 14.7 Å². The van der Waals surface area contributed by atoms with Crippen molar-refractivity contribution >= 4 is 11.9 Å². The number of hydrogen-bond donors (Lipinski definition) is 2. The van der Waals surface area contributed by atoms with Crippen LogP contribution in [0.15, 0.2) is 0 Å². The summed E-state index contributed by atoms with van der Waals surface area (Å²) in [5.74, 6) is -1.19. The lowest BCUT2D eigenvalue weighted by Gasteiger charge is -2.26. The van der Waals surface area contributed by atoms with Gasteiger partial charge in [-0.1, -0.05) is 6.92 Å².